The number of carbonyl (C=O) groups excluding carboxylic acids is 1. The number of aromatic nitrogens is 2. The molecule has 0 aliphatic carbocycles. The topological polar surface area (TPSA) is 38.1 Å². The first-order chi connectivity index (χ1) is 16.5. The van der Waals surface area contributed by atoms with Gasteiger partial charge in [0.15, 0.2) is 0 Å². The van der Waals surface area contributed by atoms with Gasteiger partial charge < -0.3 is 9.47 Å². The molecule has 34 heavy (non-hydrogen) atoms. The first-order valence-electron chi connectivity index (χ1n) is 12.1. The zero-order chi connectivity index (χ0) is 23.7. The second kappa shape index (κ2) is 9.41. The predicted octanol–water partition coefficient (Wildman–Crippen LogP) is 6.37. The summed E-state index contributed by atoms with van der Waals surface area (Å²) >= 11 is 0. The van der Waals surface area contributed by atoms with Gasteiger partial charge in [0.05, 0.1) is 0 Å². The standard InChI is InChI=1S/C29H30FN3O/c1-20(2)22-9-7-21(8-10-22)19-33-18-15-31-28(33)23-13-16-32(17-14-23)29(34)26-11-12-27(30)25-6-4-3-5-24(25)26/h3-12,15,18,20,23H,13-14,16-17,19H2,1-2H3. The van der Waals surface area contributed by atoms with E-state index in [0.717, 1.165) is 25.2 Å². The maximum Gasteiger partial charge on any atom is 0.254 e. The van der Waals surface area contributed by atoms with Gasteiger partial charge in [-0.25, -0.2) is 9.37 Å². The van der Waals surface area contributed by atoms with Crippen LogP contribution in [0, 0.1) is 5.82 Å². The van der Waals surface area contributed by atoms with Crippen LogP contribution >= 0.6 is 0 Å². The molecule has 5 heteroatoms. The van der Waals surface area contributed by atoms with E-state index in [0.29, 0.717) is 41.3 Å². The van der Waals surface area contributed by atoms with Crippen molar-refractivity contribution in [2.75, 3.05) is 13.1 Å². The summed E-state index contributed by atoms with van der Waals surface area (Å²) in [7, 11) is 0. The second-order valence-electron chi connectivity index (χ2n) is 9.52. The summed E-state index contributed by atoms with van der Waals surface area (Å²) in [4.78, 5) is 19.9. The van der Waals surface area contributed by atoms with E-state index in [1.165, 1.54) is 17.2 Å². The number of likely N-dealkylation sites (tertiary alicyclic amines) is 1. The maximum absolute atomic E-state index is 14.2. The third-order valence-electron chi connectivity index (χ3n) is 7.00. The number of carbonyl (C=O) groups is 1. The van der Waals surface area contributed by atoms with E-state index in [4.69, 9.17) is 0 Å². The molecule has 0 unspecified atom stereocenters. The molecule has 0 saturated carbocycles. The number of imidazole rings is 1. The Bertz CT molecular complexity index is 1300. The molecule has 1 fully saturated rings. The lowest BCUT2D eigenvalue weighted by atomic mass is 9.94. The third-order valence-corrected chi connectivity index (χ3v) is 7.00. The molecule has 1 aliphatic heterocycles. The molecular formula is C29H30FN3O. The maximum atomic E-state index is 14.2. The van der Waals surface area contributed by atoms with Gasteiger partial charge in [0.1, 0.15) is 11.6 Å². The molecule has 1 saturated heterocycles. The highest BCUT2D eigenvalue weighted by Gasteiger charge is 2.28. The summed E-state index contributed by atoms with van der Waals surface area (Å²) in [6.45, 7) is 6.56. The Morgan fingerprint density at radius 1 is 1.00 bits per heavy atom. The van der Waals surface area contributed by atoms with E-state index in [1.807, 2.05) is 29.4 Å². The van der Waals surface area contributed by atoms with Gasteiger partial charge in [0.25, 0.3) is 5.91 Å². The number of rotatable bonds is 5. The quantitative estimate of drug-likeness (QED) is 0.351. The molecule has 0 bridgehead atoms. The minimum Gasteiger partial charge on any atom is -0.339 e. The highest BCUT2D eigenvalue weighted by Crippen LogP contribution is 2.30. The molecule has 0 spiro atoms. The van der Waals surface area contributed by atoms with Crippen molar-refractivity contribution in [3.63, 3.8) is 0 Å². The molecule has 1 amide bonds. The minimum atomic E-state index is -0.295. The van der Waals surface area contributed by atoms with Crippen molar-refractivity contribution >= 4 is 16.7 Å². The molecule has 0 atom stereocenters. The second-order valence-corrected chi connectivity index (χ2v) is 9.52. The number of hydrogen-bond acceptors (Lipinski definition) is 2. The van der Waals surface area contributed by atoms with Crippen LogP contribution in [0.4, 0.5) is 4.39 Å². The number of piperidine rings is 1. The summed E-state index contributed by atoms with van der Waals surface area (Å²) in [6.07, 6.45) is 5.66. The molecule has 4 nitrogen and oxygen atoms in total. The number of amides is 1. The SMILES string of the molecule is CC(C)c1ccc(Cn2ccnc2C2CCN(C(=O)c3ccc(F)c4ccccc34)CC2)cc1. The van der Waals surface area contributed by atoms with E-state index >= 15 is 0 Å². The third kappa shape index (κ3) is 4.35. The molecule has 2 heterocycles. The number of benzene rings is 3. The molecule has 1 aromatic heterocycles. The van der Waals surface area contributed by atoms with Gasteiger partial charge in [-0.15, -0.1) is 0 Å². The lowest BCUT2D eigenvalue weighted by molar-refractivity contribution is 0.0712. The van der Waals surface area contributed by atoms with Crippen LogP contribution in [0.15, 0.2) is 73.1 Å². The fraction of sp³-hybridized carbons (Fsp3) is 0.310. The van der Waals surface area contributed by atoms with E-state index in [9.17, 15) is 9.18 Å². The Morgan fingerprint density at radius 3 is 2.41 bits per heavy atom. The van der Waals surface area contributed by atoms with Crippen LogP contribution in [0.5, 0.6) is 0 Å². The van der Waals surface area contributed by atoms with Crippen molar-refractivity contribution in [1.82, 2.24) is 14.5 Å². The highest BCUT2D eigenvalue weighted by molar-refractivity contribution is 6.07. The smallest absolute Gasteiger partial charge is 0.254 e. The van der Waals surface area contributed by atoms with Crippen LogP contribution in [0.3, 0.4) is 0 Å². The van der Waals surface area contributed by atoms with Crippen LogP contribution in [-0.4, -0.2) is 33.4 Å². The molecule has 1 aliphatic rings. The zero-order valence-corrected chi connectivity index (χ0v) is 19.7. The van der Waals surface area contributed by atoms with Crippen LogP contribution in [-0.2, 0) is 6.54 Å². The fourth-order valence-electron chi connectivity index (χ4n) is 4.98. The first-order valence-corrected chi connectivity index (χ1v) is 12.1. The number of halogens is 1. The molecule has 0 N–H and O–H groups in total. The monoisotopic (exact) mass is 455 g/mol. The van der Waals surface area contributed by atoms with Gasteiger partial charge in [0.2, 0.25) is 0 Å². The van der Waals surface area contributed by atoms with Crippen LogP contribution in [0.1, 0.15) is 65.8 Å². The Labute approximate surface area is 200 Å². The van der Waals surface area contributed by atoms with Crippen molar-refractivity contribution in [2.45, 2.75) is 45.1 Å². The minimum absolute atomic E-state index is 0.0248. The molecule has 3 aromatic carbocycles. The van der Waals surface area contributed by atoms with Crippen molar-refractivity contribution in [3.8, 4) is 0 Å². The van der Waals surface area contributed by atoms with Crippen molar-refractivity contribution in [3.05, 3.63) is 101 Å². The first kappa shape index (κ1) is 22.3. The van der Waals surface area contributed by atoms with Gasteiger partial charge in [-0.3, -0.25) is 4.79 Å². The Kier molecular flexibility index (Phi) is 6.18. The Hall–Kier alpha value is -3.47. The summed E-state index contributed by atoms with van der Waals surface area (Å²) in [5.74, 6) is 1.62. The van der Waals surface area contributed by atoms with Crippen molar-refractivity contribution in [2.24, 2.45) is 0 Å². The number of fused-ring (bicyclic) bond motifs is 1. The zero-order valence-electron chi connectivity index (χ0n) is 19.7. The van der Waals surface area contributed by atoms with Crippen LogP contribution < -0.4 is 0 Å². The molecule has 5 rings (SSSR count). The van der Waals surface area contributed by atoms with Crippen LogP contribution in [0.25, 0.3) is 10.8 Å². The lowest BCUT2D eigenvalue weighted by Crippen LogP contribution is -2.38. The summed E-state index contributed by atoms with van der Waals surface area (Å²) in [5, 5.41) is 1.17. The van der Waals surface area contributed by atoms with Crippen molar-refractivity contribution in [1.29, 1.82) is 0 Å². The van der Waals surface area contributed by atoms with Gasteiger partial charge in [-0.2, -0.15) is 0 Å². The average molecular weight is 456 g/mol. The lowest BCUT2D eigenvalue weighted by Gasteiger charge is -2.32. The molecule has 174 valence electrons. The van der Waals surface area contributed by atoms with Crippen LogP contribution in [0.2, 0.25) is 0 Å². The normalized spacial score (nSPS) is 14.8. The van der Waals surface area contributed by atoms with Gasteiger partial charge in [-0.1, -0.05) is 62.4 Å². The van der Waals surface area contributed by atoms with Gasteiger partial charge in [-0.05, 0) is 47.4 Å². The van der Waals surface area contributed by atoms with E-state index < -0.39 is 0 Å². The van der Waals surface area contributed by atoms with E-state index in [1.54, 1.807) is 18.2 Å². The number of hydrogen-bond donors (Lipinski definition) is 0. The average Bonchev–Trinajstić information content (AvgIpc) is 3.32. The molecule has 4 aromatic rings. The summed E-state index contributed by atoms with van der Waals surface area (Å²) in [6, 6.07) is 19.0. The summed E-state index contributed by atoms with van der Waals surface area (Å²) < 4.78 is 16.4. The fourth-order valence-corrected chi connectivity index (χ4v) is 4.98. The van der Waals surface area contributed by atoms with Crippen molar-refractivity contribution < 1.29 is 9.18 Å². The summed E-state index contributed by atoms with van der Waals surface area (Å²) in [5.41, 5.74) is 3.18. The largest absolute Gasteiger partial charge is 0.339 e. The van der Waals surface area contributed by atoms with Gasteiger partial charge in [0, 0.05) is 48.9 Å². The predicted molar refractivity (Wildman–Crippen MR) is 134 cm³/mol. The Morgan fingerprint density at radius 2 is 1.71 bits per heavy atom. The Balaban J connectivity index is 1.27. The molecular weight excluding hydrogens is 425 g/mol. The van der Waals surface area contributed by atoms with Gasteiger partial charge >= 0.3 is 0 Å². The van der Waals surface area contributed by atoms with E-state index in [2.05, 4.69) is 47.7 Å². The number of nitrogens with zero attached hydrogens (tertiary/aromatic N) is 3. The highest BCUT2D eigenvalue weighted by atomic mass is 19.1. The molecule has 0 radical (unpaired) electrons. The van der Waals surface area contributed by atoms with E-state index in [-0.39, 0.29) is 11.7 Å².